The molecule has 11 rings (SSSR count). The van der Waals surface area contributed by atoms with Crippen molar-refractivity contribution in [2.24, 2.45) is 23.7 Å². The van der Waals surface area contributed by atoms with E-state index in [9.17, 15) is 25.4 Å². The lowest BCUT2D eigenvalue weighted by atomic mass is 9.65. The number of carbonyl (C=O) groups is 2. The number of benzene rings is 3. The molecule has 7 aromatic rings. The molecule has 4 heterocycles. The highest BCUT2D eigenvalue weighted by molar-refractivity contribution is 7.25. The molecule has 0 saturated heterocycles. The van der Waals surface area contributed by atoms with Crippen molar-refractivity contribution in [2.45, 2.75) is 195 Å². The van der Waals surface area contributed by atoms with Crippen LogP contribution in [0.25, 0.3) is 68.5 Å². The Bertz CT molecular complexity index is 4050. The molecular weight excluding hydrogens is 1240 g/mol. The number of carbonyl (C=O) groups excluding carboxylic acids is 2. The van der Waals surface area contributed by atoms with Gasteiger partial charge in [0, 0.05) is 94.4 Å². The molecule has 4 unspecified atom stereocenters. The van der Waals surface area contributed by atoms with Crippen LogP contribution in [0.15, 0.2) is 107 Å². The SMILES string of the molecule is [C-]#[N+]C(C#N)=C1/C(=C/c2cc3c(s2)-c2sc(-c4cc(F)c(-c5cc6c(s5)-c5sc(/C=C7\C(=O)c8ccccc8C7=C(C#N)C#N)cc5C6(CC(CC)CCCC)CC(CC)CCCC)cc4F)cc2C3(CC(CC)CCCC)CC(CC)CCCC)C(=O)c2ccccc21. The fourth-order valence-electron chi connectivity index (χ4n) is 16.1. The zero-order valence-electron chi connectivity index (χ0n) is 55.7. The van der Waals surface area contributed by atoms with Gasteiger partial charge in [-0.1, -0.05) is 207 Å². The van der Waals surface area contributed by atoms with Crippen LogP contribution in [0.2, 0.25) is 0 Å². The van der Waals surface area contributed by atoms with E-state index in [1.165, 1.54) is 57.1 Å². The molecule has 3 aromatic carbocycles. The maximum Gasteiger partial charge on any atom is 0.270 e. The Labute approximate surface area is 572 Å². The van der Waals surface area contributed by atoms with Crippen LogP contribution in [0.5, 0.6) is 0 Å². The fourth-order valence-corrected chi connectivity index (χ4v) is 21.3. The summed E-state index contributed by atoms with van der Waals surface area (Å²) < 4.78 is 35.8. The van der Waals surface area contributed by atoms with Crippen molar-refractivity contribution < 1.29 is 18.4 Å². The Hall–Kier alpha value is -7.42. The van der Waals surface area contributed by atoms with E-state index in [4.69, 9.17) is 6.57 Å². The van der Waals surface area contributed by atoms with Crippen LogP contribution in [0.1, 0.15) is 248 Å². The Morgan fingerprint density at radius 3 is 1.16 bits per heavy atom. The molecule has 0 aliphatic heterocycles. The van der Waals surface area contributed by atoms with E-state index in [1.807, 2.05) is 36.4 Å². The minimum Gasteiger partial charge on any atom is -0.289 e. The molecule has 0 amide bonds. The van der Waals surface area contributed by atoms with Crippen molar-refractivity contribution in [1.29, 1.82) is 15.8 Å². The lowest BCUT2D eigenvalue weighted by Crippen LogP contribution is -2.31. The zero-order chi connectivity index (χ0) is 66.6. The molecule has 0 bridgehead atoms. The summed E-state index contributed by atoms with van der Waals surface area (Å²) in [6.45, 7) is 26.1. The Kier molecular flexibility index (Phi) is 21.2. The molecule has 0 fully saturated rings. The van der Waals surface area contributed by atoms with Crippen LogP contribution < -0.4 is 0 Å². The Balaban J connectivity index is 1.06. The Morgan fingerprint density at radius 2 is 0.819 bits per heavy atom. The van der Waals surface area contributed by atoms with Crippen LogP contribution >= 0.6 is 45.3 Å². The Morgan fingerprint density at radius 1 is 0.479 bits per heavy atom. The van der Waals surface area contributed by atoms with Gasteiger partial charge in [0.2, 0.25) is 0 Å². The molecule has 0 spiro atoms. The summed E-state index contributed by atoms with van der Waals surface area (Å²) in [6.07, 6.45) is 24.5. The third kappa shape index (κ3) is 12.4. The highest BCUT2D eigenvalue weighted by atomic mass is 32.1. The van der Waals surface area contributed by atoms with Gasteiger partial charge in [0.15, 0.2) is 11.6 Å². The van der Waals surface area contributed by atoms with Gasteiger partial charge in [-0.15, -0.1) is 45.3 Å². The first-order chi connectivity index (χ1) is 45.7. The summed E-state index contributed by atoms with van der Waals surface area (Å²) in [6, 6.07) is 32.4. The molecule has 4 atom stereocenters. The van der Waals surface area contributed by atoms with Crippen LogP contribution in [0.4, 0.5) is 8.78 Å². The van der Waals surface area contributed by atoms with Gasteiger partial charge in [-0.05, 0) is 131 Å². The van der Waals surface area contributed by atoms with Gasteiger partial charge < -0.3 is 0 Å². The first-order valence-corrected chi connectivity index (χ1v) is 37.8. The standard InChI is InChI=1S/C82H84F2N4O2S4/c1-10-18-26-49(14-5)42-81(43-50(15-6)27-19-11-2)64-36-54(34-62-73(53(46-85)47-86)56-30-22-24-32-58(56)75(62)89)91-77(64)79-66(81)40-71(93-79)60-38-69(84)61(39-68(60)83)72-41-67-80(94-72)78-65(82(67,44-51(16-7)28-20-12-3)45-52(17-8)29-21-13-4)37-55(92-78)35-63-74(70(48-87)88-9)57-31-23-25-33-59(57)76(63)90/h22-25,30-41,49-52H,10-21,26-29,42-45H2,1-8H3/b62-34-,63-35-,74-70?. The lowest BCUT2D eigenvalue weighted by molar-refractivity contribution is 0.103. The van der Waals surface area contributed by atoms with Gasteiger partial charge in [0.1, 0.15) is 29.3 Å². The number of ketones is 2. The van der Waals surface area contributed by atoms with E-state index in [-0.39, 0.29) is 34.0 Å². The van der Waals surface area contributed by atoms with Crippen molar-refractivity contribution in [1.82, 2.24) is 0 Å². The minimum absolute atomic E-state index is 0.104. The molecule has 6 nitrogen and oxygen atoms in total. The average molecular weight is 1320 g/mol. The number of Topliss-reactive ketones (excluding diaryl/α,β-unsaturated/α-hetero) is 2. The number of hydrogen-bond donors (Lipinski definition) is 0. The van der Waals surface area contributed by atoms with Crippen molar-refractivity contribution in [3.63, 3.8) is 0 Å². The van der Waals surface area contributed by atoms with Crippen molar-refractivity contribution in [3.05, 3.63) is 185 Å². The zero-order valence-corrected chi connectivity index (χ0v) is 58.9. The molecule has 4 aliphatic carbocycles. The summed E-state index contributed by atoms with van der Waals surface area (Å²) >= 11 is 6.26. The topological polar surface area (TPSA) is 110 Å². The third-order valence-corrected chi connectivity index (χ3v) is 26.0. The van der Waals surface area contributed by atoms with Gasteiger partial charge in [0.25, 0.3) is 5.70 Å². The molecule has 4 aromatic heterocycles. The molecular formula is C82H84F2N4O2S4. The van der Waals surface area contributed by atoms with E-state index in [0.29, 0.717) is 78.0 Å². The second kappa shape index (κ2) is 29.3. The predicted octanol–water partition coefficient (Wildman–Crippen LogP) is 25.0. The summed E-state index contributed by atoms with van der Waals surface area (Å²) in [5, 5.41) is 30.7. The van der Waals surface area contributed by atoms with Crippen LogP contribution in [0.3, 0.4) is 0 Å². The van der Waals surface area contributed by atoms with Crippen LogP contribution in [-0.4, -0.2) is 11.6 Å². The maximum absolute atomic E-state index is 17.9. The molecule has 0 saturated carbocycles. The third-order valence-electron chi connectivity index (χ3n) is 21.2. The molecule has 94 heavy (non-hydrogen) atoms. The van der Waals surface area contributed by atoms with E-state index < -0.39 is 22.5 Å². The molecule has 4 aliphatic rings. The quantitative estimate of drug-likeness (QED) is 0.0276. The largest absolute Gasteiger partial charge is 0.289 e. The normalized spacial score (nSPS) is 19.2. The number of hydrogen-bond acceptors (Lipinski definition) is 9. The number of thiophene rings is 4. The first kappa shape index (κ1) is 68.0. The number of nitrogens with zero attached hydrogens (tertiary/aromatic N) is 4. The summed E-state index contributed by atoms with van der Waals surface area (Å²) in [7, 11) is 0. The number of halogens is 2. The summed E-state index contributed by atoms with van der Waals surface area (Å²) in [5.41, 5.74) is 7.64. The highest BCUT2D eigenvalue weighted by Gasteiger charge is 2.50. The van der Waals surface area contributed by atoms with E-state index in [1.54, 1.807) is 46.9 Å². The second-order valence-corrected chi connectivity index (χ2v) is 31.0. The number of unbranched alkanes of at least 4 members (excludes halogenated alkanes) is 4. The first-order valence-electron chi connectivity index (χ1n) is 34.5. The predicted molar refractivity (Wildman–Crippen MR) is 388 cm³/mol. The fraction of sp³-hybridized carbons (Fsp3) is 0.415. The number of rotatable bonds is 28. The highest BCUT2D eigenvalue weighted by Crippen LogP contribution is 2.65. The average Bonchev–Trinajstić information content (AvgIpc) is 1.55. The van der Waals surface area contributed by atoms with E-state index in [2.05, 4.69) is 103 Å². The van der Waals surface area contributed by atoms with E-state index >= 15 is 8.78 Å². The number of allylic oxidation sites excluding steroid dienone is 6. The van der Waals surface area contributed by atoms with Crippen LogP contribution in [-0.2, 0) is 10.8 Å². The monoisotopic (exact) mass is 1320 g/mol. The van der Waals surface area contributed by atoms with Crippen molar-refractivity contribution in [3.8, 4) is 58.6 Å². The van der Waals surface area contributed by atoms with Crippen LogP contribution in [0, 0.1) is 75.9 Å². The van der Waals surface area contributed by atoms with Gasteiger partial charge >= 0.3 is 0 Å². The lowest BCUT2D eigenvalue weighted by Gasteiger charge is -2.37. The van der Waals surface area contributed by atoms with Gasteiger partial charge in [-0.3, -0.25) is 9.59 Å². The minimum atomic E-state index is -0.490. The number of nitriles is 3. The van der Waals surface area contributed by atoms with Gasteiger partial charge in [0.05, 0.1) is 12.6 Å². The van der Waals surface area contributed by atoms with Gasteiger partial charge in [-0.2, -0.15) is 10.5 Å². The molecule has 0 N–H and O–H groups in total. The van der Waals surface area contributed by atoms with E-state index in [0.717, 1.165) is 158 Å². The molecule has 0 radical (unpaired) electrons. The van der Waals surface area contributed by atoms with Crippen molar-refractivity contribution in [2.75, 3.05) is 0 Å². The summed E-state index contributed by atoms with van der Waals surface area (Å²) in [5.74, 6) is 0.187. The molecule has 12 heteroatoms. The smallest absolute Gasteiger partial charge is 0.270 e. The maximum atomic E-state index is 17.9. The molecule has 482 valence electrons. The van der Waals surface area contributed by atoms with Gasteiger partial charge in [-0.25, -0.2) is 18.9 Å². The van der Waals surface area contributed by atoms with Crippen molar-refractivity contribution >= 4 is 80.2 Å². The summed E-state index contributed by atoms with van der Waals surface area (Å²) in [4.78, 5) is 39.7. The second-order valence-electron chi connectivity index (χ2n) is 26.7. The number of fused-ring (bicyclic) bond motifs is 8.